The molecule has 158 valence electrons. The molecule has 0 aliphatic heterocycles. The lowest BCUT2D eigenvalue weighted by Crippen LogP contribution is -2.19. The van der Waals surface area contributed by atoms with Gasteiger partial charge in [0.25, 0.3) is 0 Å². The van der Waals surface area contributed by atoms with E-state index in [1.165, 1.54) is 11.3 Å². The number of carbonyl (C=O) groups excluding carboxylic acids is 1. The highest BCUT2D eigenvalue weighted by Gasteiger charge is 2.09. The van der Waals surface area contributed by atoms with Gasteiger partial charge in [0.05, 0.1) is 11.9 Å². The highest BCUT2D eigenvalue weighted by molar-refractivity contribution is 7.15. The Labute approximate surface area is 188 Å². The van der Waals surface area contributed by atoms with Gasteiger partial charge in [0.1, 0.15) is 5.65 Å². The number of benzene rings is 1. The van der Waals surface area contributed by atoms with E-state index in [2.05, 4.69) is 44.6 Å². The van der Waals surface area contributed by atoms with Crippen LogP contribution >= 0.6 is 11.3 Å². The molecule has 7 nitrogen and oxygen atoms in total. The molecule has 0 fully saturated rings. The number of fused-ring (bicyclic) bond motifs is 1. The summed E-state index contributed by atoms with van der Waals surface area (Å²) in [6.45, 7) is 2.06. The molecule has 8 heteroatoms. The van der Waals surface area contributed by atoms with Gasteiger partial charge in [-0.3, -0.25) is 14.7 Å². The Balaban J connectivity index is 1.31. The Kier molecular flexibility index (Phi) is 5.35. The van der Waals surface area contributed by atoms with Crippen LogP contribution in [0, 0.1) is 0 Å². The molecular formula is C24H20N6OS. The predicted molar refractivity (Wildman–Crippen MR) is 128 cm³/mol. The highest BCUT2D eigenvalue weighted by atomic mass is 32.1. The second-order valence-electron chi connectivity index (χ2n) is 7.16. The van der Waals surface area contributed by atoms with Crippen LogP contribution in [0.25, 0.3) is 28.0 Å². The molecule has 5 aromatic rings. The van der Waals surface area contributed by atoms with Crippen LogP contribution in [0.1, 0.15) is 11.8 Å². The molecule has 0 aliphatic carbocycles. The largest absolute Gasteiger partial charge is 0.325 e. The van der Waals surface area contributed by atoms with Gasteiger partial charge in [-0.2, -0.15) is 0 Å². The van der Waals surface area contributed by atoms with Crippen LogP contribution in [0.5, 0.6) is 0 Å². The third kappa shape index (κ3) is 4.08. The first-order valence-electron chi connectivity index (χ1n) is 10.2. The molecule has 2 amide bonds. The lowest BCUT2D eigenvalue weighted by molar-refractivity contribution is 0.262. The van der Waals surface area contributed by atoms with Crippen molar-refractivity contribution >= 4 is 33.8 Å². The molecule has 0 atom stereocenters. The van der Waals surface area contributed by atoms with Crippen LogP contribution in [0.2, 0.25) is 0 Å². The van der Waals surface area contributed by atoms with Crippen molar-refractivity contribution in [2.75, 3.05) is 10.6 Å². The Morgan fingerprint density at radius 3 is 2.50 bits per heavy atom. The summed E-state index contributed by atoms with van der Waals surface area (Å²) in [5.41, 5.74) is 5.75. The third-order valence-corrected chi connectivity index (χ3v) is 6.15. The third-order valence-electron chi connectivity index (χ3n) is 5.09. The van der Waals surface area contributed by atoms with Crippen molar-refractivity contribution in [1.82, 2.24) is 19.4 Å². The van der Waals surface area contributed by atoms with E-state index in [0.29, 0.717) is 10.8 Å². The maximum atomic E-state index is 12.2. The second kappa shape index (κ2) is 8.60. The van der Waals surface area contributed by atoms with E-state index in [0.717, 1.165) is 39.3 Å². The molecule has 0 unspecified atom stereocenters. The predicted octanol–water partition coefficient (Wildman–Crippen LogP) is 5.73. The summed E-state index contributed by atoms with van der Waals surface area (Å²) in [6.07, 6.45) is 10.1. The molecule has 2 N–H and O–H groups in total. The fourth-order valence-corrected chi connectivity index (χ4v) is 4.18. The van der Waals surface area contributed by atoms with Crippen molar-refractivity contribution in [3.05, 3.63) is 84.4 Å². The quantitative estimate of drug-likeness (QED) is 0.366. The molecular weight excluding hydrogens is 420 g/mol. The molecule has 1 aromatic carbocycles. The Bertz CT molecular complexity index is 1370. The molecule has 0 saturated heterocycles. The van der Waals surface area contributed by atoms with Crippen LogP contribution in [-0.4, -0.2) is 25.4 Å². The SMILES string of the molecule is CCc1cnc(NC(=O)Nc2ccc(-c3cnc4cc(-c5ccncc5)ccn34)cc2)s1. The van der Waals surface area contributed by atoms with Crippen molar-refractivity contribution in [2.45, 2.75) is 13.3 Å². The summed E-state index contributed by atoms with van der Waals surface area (Å²) < 4.78 is 2.05. The molecule has 4 heterocycles. The maximum absolute atomic E-state index is 12.2. The highest BCUT2D eigenvalue weighted by Crippen LogP contribution is 2.26. The molecule has 32 heavy (non-hydrogen) atoms. The Morgan fingerprint density at radius 1 is 0.938 bits per heavy atom. The van der Waals surface area contributed by atoms with Gasteiger partial charge in [-0.15, -0.1) is 11.3 Å². The van der Waals surface area contributed by atoms with Crippen molar-refractivity contribution in [3.8, 4) is 22.4 Å². The van der Waals surface area contributed by atoms with Crippen molar-refractivity contribution in [2.24, 2.45) is 0 Å². The minimum absolute atomic E-state index is 0.312. The average Bonchev–Trinajstić information content (AvgIpc) is 3.46. The van der Waals surface area contributed by atoms with Gasteiger partial charge in [-0.05, 0) is 53.9 Å². The van der Waals surface area contributed by atoms with Gasteiger partial charge in [0, 0.05) is 40.9 Å². The number of hydrogen-bond donors (Lipinski definition) is 2. The first-order valence-corrected chi connectivity index (χ1v) is 11.0. The van der Waals surface area contributed by atoms with E-state index in [4.69, 9.17) is 0 Å². The summed E-state index contributed by atoms with van der Waals surface area (Å²) >= 11 is 1.48. The van der Waals surface area contributed by atoms with Crippen LogP contribution in [0.3, 0.4) is 0 Å². The Hall–Kier alpha value is -4.04. The van der Waals surface area contributed by atoms with E-state index in [1.54, 1.807) is 18.6 Å². The first-order chi connectivity index (χ1) is 15.7. The van der Waals surface area contributed by atoms with Crippen LogP contribution in [0.4, 0.5) is 15.6 Å². The van der Waals surface area contributed by atoms with Crippen molar-refractivity contribution < 1.29 is 4.79 Å². The normalized spacial score (nSPS) is 10.9. The fraction of sp³-hybridized carbons (Fsp3) is 0.0833. The molecule has 0 saturated carbocycles. The van der Waals surface area contributed by atoms with Gasteiger partial charge < -0.3 is 5.32 Å². The standard InChI is InChI=1S/C24H20N6OS/c1-2-20-14-27-24(32-20)29-23(31)28-19-5-3-17(4-6-19)21-15-26-22-13-18(9-12-30(21)22)16-7-10-25-11-8-16/h3-15H,2H2,1H3,(H2,27,28,29,31). The summed E-state index contributed by atoms with van der Waals surface area (Å²) in [5.74, 6) is 0. The molecule has 4 aromatic heterocycles. The van der Waals surface area contributed by atoms with Gasteiger partial charge in [0.2, 0.25) is 0 Å². The van der Waals surface area contributed by atoms with Crippen molar-refractivity contribution in [3.63, 3.8) is 0 Å². The monoisotopic (exact) mass is 440 g/mol. The first kappa shape index (κ1) is 19.9. The number of anilines is 2. The van der Waals surface area contributed by atoms with E-state index < -0.39 is 0 Å². The minimum atomic E-state index is -0.312. The molecule has 0 bridgehead atoms. The fourth-order valence-electron chi connectivity index (χ4n) is 3.43. The number of imidazole rings is 1. The number of nitrogens with zero attached hydrogens (tertiary/aromatic N) is 4. The van der Waals surface area contributed by atoms with E-state index in [-0.39, 0.29) is 6.03 Å². The van der Waals surface area contributed by atoms with Crippen molar-refractivity contribution in [1.29, 1.82) is 0 Å². The number of rotatable bonds is 5. The molecule has 0 aliphatic rings. The Morgan fingerprint density at radius 2 is 1.75 bits per heavy atom. The number of aromatic nitrogens is 4. The lowest BCUT2D eigenvalue weighted by atomic mass is 10.1. The van der Waals surface area contributed by atoms with Crippen LogP contribution in [0.15, 0.2) is 79.5 Å². The summed E-state index contributed by atoms with van der Waals surface area (Å²) in [4.78, 5) is 26.2. The van der Waals surface area contributed by atoms with Gasteiger partial charge in [-0.1, -0.05) is 19.1 Å². The summed E-state index contributed by atoms with van der Waals surface area (Å²) in [7, 11) is 0. The number of carbonyl (C=O) groups is 1. The zero-order valence-electron chi connectivity index (χ0n) is 17.3. The smallest absolute Gasteiger partial charge is 0.308 e. The molecule has 5 rings (SSSR count). The number of hydrogen-bond acceptors (Lipinski definition) is 5. The van der Waals surface area contributed by atoms with E-state index >= 15 is 0 Å². The maximum Gasteiger partial charge on any atom is 0.325 e. The number of urea groups is 1. The van der Waals surface area contributed by atoms with Crippen LogP contribution in [-0.2, 0) is 6.42 Å². The zero-order valence-corrected chi connectivity index (χ0v) is 18.1. The summed E-state index contributed by atoms with van der Waals surface area (Å²) in [5, 5.41) is 6.20. The summed E-state index contributed by atoms with van der Waals surface area (Å²) in [6, 6.07) is 15.5. The zero-order chi connectivity index (χ0) is 21.9. The number of nitrogens with one attached hydrogen (secondary N) is 2. The number of aryl methyl sites for hydroxylation is 1. The van der Waals surface area contributed by atoms with E-state index in [9.17, 15) is 4.79 Å². The van der Waals surface area contributed by atoms with Gasteiger partial charge in [0.15, 0.2) is 5.13 Å². The minimum Gasteiger partial charge on any atom is -0.308 e. The topological polar surface area (TPSA) is 84.2 Å². The average molecular weight is 441 g/mol. The van der Waals surface area contributed by atoms with E-state index in [1.807, 2.05) is 53.2 Å². The second-order valence-corrected chi connectivity index (χ2v) is 8.28. The molecule has 0 radical (unpaired) electrons. The van der Waals surface area contributed by atoms with Gasteiger partial charge in [-0.25, -0.2) is 14.8 Å². The number of thiazole rings is 1. The molecule has 0 spiro atoms. The number of pyridine rings is 2. The van der Waals surface area contributed by atoms with Crippen LogP contribution < -0.4 is 10.6 Å². The number of amides is 2. The van der Waals surface area contributed by atoms with Gasteiger partial charge >= 0.3 is 6.03 Å². The lowest BCUT2D eigenvalue weighted by Gasteiger charge is -2.08.